The van der Waals surface area contributed by atoms with Crippen molar-refractivity contribution in [2.24, 2.45) is 4.99 Å². The van der Waals surface area contributed by atoms with Crippen molar-refractivity contribution < 1.29 is 22.8 Å². The van der Waals surface area contributed by atoms with E-state index in [-0.39, 0.29) is 24.6 Å². The molecule has 1 fully saturated rings. The summed E-state index contributed by atoms with van der Waals surface area (Å²) in [6, 6.07) is 12.1. The molecule has 3 rings (SSSR count). The molecule has 0 aromatic heterocycles. The number of amides is 2. The smallest absolute Gasteiger partial charge is 0.325 e. The van der Waals surface area contributed by atoms with Gasteiger partial charge in [-0.25, -0.2) is 4.99 Å². The molecule has 0 spiro atoms. The summed E-state index contributed by atoms with van der Waals surface area (Å²) < 4.78 is 39.4. The number of carbonyl (C=O) groups excluding carboxylic acids is 2. The van der Waals surface area contributed by atoms with Gasteiger partial charge in [-0.3, -0.25) is 14.5 Å². The molecule has 1 aliphatic heterocycles. The molecule has 1 saturated heterocycles. The van der Waals surface area contributed by atoms with Crippen molar-refractivity contribution in [1.82, 2.24) is 4.90 Å². The van der Waals surface area contributed by atoms with E-state index in [4.69, 9.17) is 0 Å². The summed E-state index contributed by atoms with van der Waals surface area (Å²) in [4.78, 5) is 31.1. The Kier molecular flexibility index (Phi) is 6.84. The van der Waals surface area contributed by atoms with E-state index in [1.165, 1.54) is 23.1 Å². The highest BCUT2D eigenvalue weighted by Crippen LogP contribution is 2.35. The lowest BCUT2D eigenvalue weighted by molar-refractivity contribution is -0.137. The summed E-state index contributed by atoms with van der Waals surface area (Å²) in [5, 5.41) is 1.91. The Bertz CT molecular complexity index is 1020. The minimum absolute atomic E-state index is 0.214. The summed E-state index contributed by atoms with van der Waals surface area (Å²) >= 11 is 1.11. The van der Waals surface area contributed by atoms with Gasteiger partial charge in [0.1, 0.15) is 5.25 Å². The zero-order chi connectivity index (χ0) is 22.6. The zero-order valence-electron chi connectivity index (χ0n) is 16.6. The molecule has 1 atom stereocenters. The van der Waals surface area contributed by atoms with Crippen LogP contribution >= 0.6 is 11.8 Å². The molecule has 2 aromatic carbocycles. The van der Waals surface area contributed by atoms with Crippen molar-refractivity contribution in [3.05, 3.63) is 72.3 Å². The summed E-state index contributed by atoms with van der Waals surface area (Å²) in [5.74, 6) is -1.02. The van der Waals surface area contributed by atoms with Crippen LogP contribution in [0.4, 0.5) is 24.5 Å². The highest BCUT2D eigenvalue weighted by atomic mass is 32.2. The van der Waals surface area contributed by atoms with Crippen molar-refractivity contribution in [3.63, 3.8) is 0 Å². The number of aryl methyl sites for hydroxylation is 1. The Morgan fingerprint density at radius 3 is 2.55 bits per heavy atom. The van der Waals surface area contributed by atoms with Crippen LogP contribution in [0.1, 0.15) is 17.5 Å². The number of carbonyl (C=O) groups is 2. The molecule has 0 saturated carbocycles. The Labute approximate surface area is 182 Å². The number of rotatable bonds is 6. The number of nitrogens with one attached hydrogen (secondary N) is 1. The maximum Gasteiger partial charge on any atom is 0.418 e. The third-order valence-corrected chi connectivity index (χ3v) is 5.64. The predicted molar refractivity (Wildman–Crippen MR) is 116 cm³/mol. The van der Waals surface area contributed by atoms with E-state index in [2.05, 4.69) is 16.9 Å². The van der Waals surface area contributed by atoms with Gasteiger partial charge in [-0.15, -0.1) is 6.58 Å². The lowest BCUT2D eigenvalue weighted by Crippen LogP contribution is -2.33. The molecule has 162 valence electrons. The molecular formula is C22H20F3N3O2S. The third kappa shape index (κ3) is 5.55. The van der Waals surface area contributed by atoms with E-state index in [9.17, 15) is 22.8 Å². The summed E-state index contributed by atoms with van der Waals surface area (Å²) in [6.07, 6.45) is -3.34. The van der Waals surface area contributed by atoms with E-state index < -0.39 is 22.9 Å². The van der Waals surface area contributed by atoms with Gasteiger partial charge in [0.2, 0.25) is 11.8 Å². The molecular weight excluding hydrogens is 427 g/mol. The first kappa shape index (κ1) is 22.6. The van der Waals surface area contributed by atoms with Gasteiger partial charge in [-0.2, -0.15) is 13.2 Å². The van der Waals surface area contributed by atoms with Crippen molar-refractivity contribution in [1.29, 1.82) is 0 Å². The number of para-hydroxylation sites is 1. The molecule has 0 bridgehead atoms. The molecule has 1 N–H and O–H groups in total. The Morgan fingerprint density at radius 2 is 1.90 bits per heavy atom. The van der Waals surface area contributed by atoms with E-state index in [1.54, 1.807) is 6.08 Å². The van der Waals surface area contributed by atoms with Gasteiger partial charge >= 0.3 is 6.18 Å². The SMILES string of the molecule is C=CCN1C(=O)[C@H](CC(=O)Nc2ccccc2C(F)(F)F)SC1=Nc1ccc(C)cc1. The molecule has 31 heavy (non-hydrogen) atoms. The van der Waals surface area contributed by atoms with Crippen LogP contribution in [-0.2, 0) is 15.8 Å². The largest absolute Gasteiger partial charge is 0.418 e. The Morgan fingerprint density at radius 1 is 1.23 bits per heavy atom. The fourth-order valence-corrected chi connectivity index (χ4v) is 4.13. The van der Waals surface area contributed by atoms with Gasteiger partial charge in [0.15, 0.2) is 5.17 Å². The van der Waals surface area contributed by atoms with Crippen LogP contribution in [0.15, 0.2) is 66.2 Å². The minimum atomic E-state index is -4.60. The van der Waals surface area contributed by atoms with Crippen LogP contribution in [0.25, 0.3) is 0 Å². The standard InChI is InChI=1S/C22H20F3N3O2S/c1-3-12-28-20(30)18(31-21(28)26-15-10-8-14(2)9-11-15)13-19(29)27-17-7-5-4-6-16(17)22(23,24)25/h3-11,18H,1,12-13H2,2H3,(H,27,29)/t18-/m0/s1. The van der Waals surface area contributed by atoms with Crippen LogP contribution in [-0.4, -0.2) is 33.7 Å². The number of thioether (sulfide) groups is 1. The Balaban J connectivity index is 1.76. The van der Waals surface area contributed by atoms with Crippen molar-refractivity contribution >= 4 is 40.1 Å². The maximum absolute atomic E-state index is 13.1. The van der Waals surface area contributed by atoms with E-state index >= 15 is 0 Å². The quantitative estimate of drug-likeness (QED) is 0.623. The monoisotopic (exact) mass is 447 g/mol. The number of halogens is 3. The van der Waals surface area contributed by atoms with Gasteiger partial charge < -0.3 is 5.32 Å². The first-order valence-electron chi connectivity index (χ1n) is 9.39. The molecule has 0 unspecified atom stereocenters. The highest BCUT2D eigenvalue weighted by molar-refractivity contribution is 8.15. The summed E-state index contributed by atoms with van der Waals surface area (Å²) in [7, 11) is 0. The molecule has 2 amide bonds. The number of hydrogen-bond acceptors (Lipinski definition) is 4. The van der Waals surface area contributed by atoms with Gasteiger partial charge in [0.25, 0.3) is 0 Å². The number of hydrogen-bond donors (Lipinski definition) is 1. The first-order valence-corrected chi connectivity index (χ1v) is 10.3. The second-order valence-corrected chi connectivity index (χ2v) is 8.04. The molecule has 1 heterocycles. The van der Waals surface area contributed by atoms with Crippen LogP contribution in [0.2, 0.25) is 0 Å². The highest BCUT2D eigenvalue weighted by Gasteiger charge is 2.39. The van der Waals surface area contributed by atoms with Crippen LogP contribution in [0, 0.1) is 6.92 Å². The maximum atomic E-state index is 13.1. The average molecular weight is 447 g/mol. The van der Waals surface area contributed by atoms with Gasteiger partial charge in [-0.1, -0.05) is 47.7 Å². The minimum Gasteiger partial charge on any atom is -0.325 e. The molecule has 0 aliphatic carbocycles. The first-order chi connectivity index (χ1) is 14.7. The molecule has 1 aliphatic rings. The summed E-state index contributed by atoms with van der Waals surface area (Å²) in [5.41, 5.74) is 0.436. The second-order valence-electron chi connectivity index (χ2n) is 6.87. The predicted octanol–water partition coefficient (Wildman–Crippen LogP) is 5.16. The fraction of sp³-hybridized carbons (Fsp3) is 0.227. The van der Waals surface area contributed by atoms with Crippen LogP contribution < -0.4 is 5.32 Å². The zero-order valence-corrected chi connectivity index (χ0v) is 17.5. The lowest BCUT2D eigenvalue weighted by atomic mass is 10.1. The normalized spacial score (nSPS) is 17.8. The fourth-order valence-electron chi connectivity index (χ4n) is 2.96. The Hall–Kier alpha value is -3.07. The molecule has 2 aromatic rings. The molecule has 0 radical (unpaired) electrons. The van der Waals surface area contributed by atoms with E-state index in [0.717, 1.165) is 23.4 Å². The van der Waals surface area contributed by atoms with Crippen LogP contribution in [0.3, 0.4) is 0 Å². The van der Waals surface area contributed by atoms with E-state index in [0.29, 0.717) is 10.9 Å². The van der Waals surface area contributed by atoms with Crippen molar-refractivity contribution in [2.45, 2.75) is 24.8 Å². The number of alkyl halides is 3. The molecule has 5 nitrogen and oxygen atoms in total. The van der Waals surface area contributed by atoms with Gasteiger partial charge in [0, 0.05) is 13.0 Å². The van der Waals surface area contributed by atoms with Crippen LogP contribution in [0.5, 0.6) is 0 Å². The summed E-state index contributed by atoms with van der Waals surface area (Å²) in [6.45, 7) is 5.80. The number of amidine groups is 1. The average Bonchev–Trinajstić information content (AvgIpc) is 2.98. The second kappa shape index (κ2) is 9.38. The number of nitrogens with zero attached hydrogens (tertiary/aromatic N) is 2. The molecule has 9 heteroatoms. The topological polar surface area (TPSA) is 61.8 Å². The lowest BCUT2D eigenvalue weighted by Gasteiger charge is -2.15. The third-order valence-electron chi connectivity index (χ3n) is 4.47. The van der Waals surface area contributed by atoms with Gasteiger partial charge in [-0.05, 0) is 31.2 Å². The van der Waals surface area contributed by atoms with E-state index in [1.807, 2.05) is 31.2 Å². The van der Waals surface area contributed by atoms with Crippen molar-refractivity contribution in [2.75, 3.05) is 11.9 Å². The number of aliphatic imine (C=N–C) groups is 1. The number of anilines is 1. The number of benzene rings is 2. The van der Waals surface area contributed by atoms with Crippen molar-refractivity contribution in [3.8, 4) is 0 Å². The van der Waals surface area contributed by atoms with Gasteiger partial charge in [0.05, 0.1) is 16.9 Å².